The number of carbonyl (C=O) groups excluding carboxylic acids is 1. The maximum absolute atomic E-state index is 12.2. The third kappa shape index (κ3) is 4.03. The molecule has 25 heavy (non-hydrogen) atoms. The van der Waals surface area contributed by atoms with Crippen LogP contribution < -0.4 is 5.32 Å². The first-order chi connectivity index (χ1) is 11.9. The van der Waals surface area contributed by atoms with Crippen molar-refractivity contribution in [3.8, 4) is 0 Å². The van der Waals surface area contributed by atoms with E-state index in [0.717, 1.165) is 30.3 Å². The maximum atomic E-state index is 12.2. The molecule has 0 radical (unpaired) electrons. The molecule has 0 saturated heterocycles. The van der Waals surface area contributed by atoms with Gasteiger partial charge in [0.1, 0.15) is 5.69 Å². The Kier molecular flexibility index (Phi) is 5.13. The second-order valence-electron chi connectivity index (χ2n) is 8.20. The fraction of sp³-hybridized carbons (Fsp3) is 0.600. The summed E-state index contributed by atoms with van der Waals surface area (Å²) >= 11 is 0. The first kappa shape index (κ1) is 17.9. The average Bonchev–Trinajstić information content (AvgIpc) is 2.98. The molecule has 1 aliphatic carbocycles. The Hall–Kier alpha value is -1.88. The quantitative estimate of drug-likeness (QED) is 0.730. The van der Waals surface area contributed by atoms with Crippen LogP contribution in [0.4, 0.5) is 0 Å². The van der Waals surface area contributed by atoms with Crippen molar-refractivity contribution in [2.75, 3.05) is 13.2 Å². The number of aromatic nitrogens is 2. The molecular formula is C20H29N3O2. The highest BCUT2D eigenvalue weighted by atomic mass is 16.2. The van der Waals surface area contributed by atoms with E-state index in [1.807, 2.05) is 6.07 Å². The van der Waals surface area contributed by atoms with Gasteiger partial charge in [-0.15, -0.1) is 0 Å². The molecule has 0 spiro atoms. The minimum Gasteiger partial charge on any atom is -0.396 e. The van der Waals surface area contributed by atoms with Gasteiger partial charge in [0.25, 0.3) is 5.91 Å². The third-order valence-electron chi connectivity index (χ3n) is 5.31. The Morgan fingerprint density at radius 3 is 2.88 bits per heavy atom. The molecule has 1 aliphatic rings. The van der Waals surface area contributed by atoms with Crippen LogP contribution in [0, 0.1) is 11.3 Å². The summed E-state index contributed by atoms with van der Waals surface area (Å²) in [7, 11) is 0. The van der Waals surface area contributed by atoms with Crippen LogP contribution in [0.1, 0.15) is 61.8 Å². The van der Waals surface area contributed by atoms with Crippen LogP contribution >= 0.6 is 0 Å². The van der Waals surface area contributed by atoms with E-state index in [0.29, 0.717) is 30.0 Å². The average molecular weight is 343 g/mol. The SMILES string of the molecule is CC(C)(C)C1CCc2nc3cc(C(=O)NCCCCO)[nH]c3cc2C1. The number of carbonyl (C=O) groups is 1. The smallest absolute Gasteiger partial charge is 0.267 e. The van der Waals surface area contributed by atoms with Gasteiger partial charge in [-0.1, -0.05) is 20.8 Å². The van der Waals surface area contributed by atoms with Gasteiger partial charge in [-0.05, 0) is 61.1 Å². The number of aliphatic hydroxyl groups excluding tert-OH is 1. The highest BCUT2D eigenvalue weighted by Gasteiger charge is 2.29. The fourth-order valence-corrected chi connectivity index (χ4v) is 3.60. The van der Waals surface area contributed by atoms with E-state index in [1.54, 1.807) is 0 Å². The molecule has 136 valence electrons. The van der Waals surface area contributed by atoms with E-state index in [-0.39, 0.29) is 12.5 Å². The lowest BCUT2D eigenvalue weighted by molar-refractivity contribution is 0.0948. The summed E-state index contributed by atoms with van der Waals surface area (Å²) in [6, 6.07) is 4.02. The van der Waals surface area contributed by atoms with Crippen LogP contribution in [0.15, 0.2) is 12.1 Å². The van der Waals surface area contributed by atoms with Crippen molar-refractivity contribution in [1.29, 1.82) is 0 Å². The molecule has 0 saturated carbocycles. The van der Waals surface area contributed by atoms with Gasteiger partial charge in [-0.3, -0.25) is 9.78 Å². The van der Waals surface area contributed by atoms with Crippen molar-refractivity contribution in [1.82, 2.24) is 15.3 Å². The predicted octanol–water partition coefficient (Wildman–Crippen LogP) is 3.22. The van der Waals surface area contributed by atoms with Crippen molar-refractivity contribution in [3.05, 3.63) is 29.1 Å². The van der Waals surface area contributed by atoms with Gasteiger partial charge in [0.05, 0.1) is 11.0 Å². The van der Waals surface area contributed by atoms with E-state index in [4.69, 9.17) is 10.1 Å². The Bertz CT molecular complexity index is 758. The van der Waals surface area contributed by atoms with Gasteiger partial charge in [0.2, 0.25) is 0 Å². The number of rotatable bonds is 5. The largest absolute Gasteiger partial charge is 0.396 e. The van der Waals surface area contributed by atoms with Crippen LogP contribution in [-0.4, -0.2) is 34.1 Å². The van der Waals surface area contributed by atoms with Gasteiger partial charge < -0.3 is 15.4 Å². The number of fused-ring (bicyclic) bond motifs is 2. The predicted molar refractivity (Wildman–Crippen MR) is 99.7 cm³/mol. The number of hydrogen-bond donors (Lipinski definition) is 3. The number of aliphatic hydroxyl groups is 1. The third-order valence-corrected chi connectivity index (χ3v) is 5.31. The highest BCUT2D eigenvalue weighted by Crippen LogP contribution is 2.37. The lowest BCUT2D eigenvalue weighted by Crippen LogP contribution is -2.27. The van der Waals surface area contributed by atoms with Crippen LogP contribution in [0.2, 0.25) is 0 Å². The van der Waals surface area contributed by atoms with Crippen molar-refractivity contribution in [3.63, 3.8) is 0 Å². The topological polar surface area (TPSA) is 78.0 Å². The summed E-state index contributed by atoms with van der Waals surface area (Å²) in [5.41, 5.74) is 5.17. The minimum atomic E-state index is -0.110. The van der Waals surface area contributed by atoms with Crippen LogP contribution in [-0.2, 0) is 12.8 Å². The number of unbranched alkanes of at least 4 members (excludes halogenated alkanes) is 1. The summed E-state index contributed by atoms with van der Waals surface area (Å²) in [6.45, 7) is 7.66. The van der Waals surface area contributed by atoms with E-state index >= 15 is 0 Å². The second kappa shape index (κ2) is 7.16. The summed E-state index contributed by atoms with van der Waals surface area (Å²) in [5, 5.41) is 11.7. The first-order valence-electron chi connectivity index (χ1n) is 9.29. The van der Waals surface area contributed by atoms with Crippen LogP contribution in [0.25, 0.3) is 11.0 Å². The molecular weight excluding hydrogens is 314 g/mol. The molecule has 5 nitrogen and oxygen atoms in total. The molecule has 2 aromatic rings. The lowest BCUT2D eigenvalue weighted by atomic mass is 9.71. The normalized spacial score (nSPS) is 17.5. The lowest BCUT2D eigenvalue weighted by Gasteiger charge is -2.34. The number of nitrogens with one attached hydrogen (secondary N) is 2. The Balaban J connectivity index is 1.77. The Morgan fingerprint density at radius 2 is 2.16 bits per heavy atom. The fourth-order valence-electron chi connectivity index (χ4n) is 3.60. The number of aryl methyl sites for hydroxylation is 1. The standard InChI is InChI=1S/C20H29N3O2/c1-20(2,3)14-6-7-15-13(10-14)11-16-17(22-15)12-18(23-16)19(25)21-8-4-5-9-24/h11-12,14,23-24H,4-10H2,1-3H3,(H,21,25). The van der Waals surface area contributed by atoms with E-state index in [2.05, 4.69) is 37.1 Å². The number of hydrogen-bond acceptors (Lipinski definition) is 3. The zero-order valence-corrected chi connectivity index (χ0v) is 15.5. The first-order valence-corrected chi connectivity index (χ1v) is 9.29. The van der Waals surface area contributed by atoms with Crippen molar-refractivity contribution in [2.45, 2.75) is 52.9 Å². The molecule has 0 aliphatic heterocycles. The summed E-state index contributed by atoms with van der Waals surface area (Å²) < 4.78 is 0. The van der Waals surface area contributed by atoms with Crippen molar-refractivity contribution >= 4 is 16.9 Å². The molecule has 1 atom stereocenters. The number of amides is 1. The van der Waals surface area contributed by atoms with Gasteiger partial charge >= 0.3 is 0 Å². The Labute approximate surface area is 149 Å². The molecule has 0 aromatic carbocycles. The van der Waals surface area contributed by atoms with Gasteiger partial charge in [-0.25, -0.2) is 0 Å². The number of nitrogens with zero attached hydrogens (tertiary/aromatic N) is 1. The van der Waals surface area contributed by atoms with Crippen molar-refractivity contribution < 1.29 is 9.90 Å². The molecule has 3 rings (SSSR count). The molecule has 1 amide bonds. The molecule has 0 fully saturated rings. The van der Waals surface area contributed by atoms with E-state index < -0.39 is 0 Å². The van der Waals surface area contributed by atoms with E-state index in [9.17, 15) is 4.79 Å². The maximum Gasteiger partial charge on any atom is 0.267 e. The number of aromatic amines is 1. The molecule has 2 aromatic heterocycles. The number of pyridine rings is 1. The van der Waals surface area contributed by atoms with Crippen molar-refractivity contribution in [2.24, 2.45) is 11.3 Å². The monoisotopic (exact) mass is 343 g/mol. The van der Waals surface area contributed by atoms with Crippen LogP contribution in [0.3, 0.4) is 0 Å². The molecule has 3 N–H and O–H groups in total. The zero-order valence-electron chi connectivity index (χ0n) is 15.5. The summed E-state index contributed by atoms with van der Waals surface area (Å²) in [6.07, 6.45) is 4.74. The molecule has 0 bridgehead atoms. The van der Waals surface area contributed by atoms with Crippen LogP contribution in [0.5, 0.6) is 0 Å². The highest BCUT2D eigenvalue weighted by molar-refractivity contribution is 5.97. The zero-order chi connectivity index (χ0) is 18.0. The Morgan fingerprint density at radius 1 is 1.36 bits per heavy atom. The summed E-state index contributed by atoms with van der Waals surface area (Å²) in [5.74, 6) is 0.560. The minimum absolute atomic E-state index is 0.110. The second-order valence-corrected chi connectivity index (χ2v) is 8.20. The number of H-pyrrole nitrogens is 1. The summed E-state index contributed by atoms with van der Waals surface area (Å²) in [4.78, 5) is 20.3. The van der Waals surface area contributed by atoms with Gasteiger partial charge in [-0.2, -0.15) is 0 Å². The molecule has 2 heterocycles. The van der Waals surface area contributed by atoms with Gasteiger partial charge in [0.15, 0.2) is 0 Å². The van der Waals surface area contributed by atoms with E-state index in [1.165, 1.54) is 17.7 Å². The molecule has 5 heteroatoms. The molecule has 1 unspecified atom stereocenters. The van der Waals surface area contributed by atoms with Gasteiger partial charge in [0, 0.05) is 18.8 Å².